The van der Waals surface area contributed by atoms with Crippen molar-refractivity contribution in [3.05, 3.63) is 57.8 Å². The number of rotatable bonds is 5. The Hall–Kier alpha value is -2.54. The molecule has 1 aromatic rings. The van der Waals surface area contributed by atoms with E-state index in [0.717, 1.165) is 47.1 Å². The smallest absolute Gasteiger partial charge is 0.338 e. The zero-order chi connectivity index (χ0) is 22.8. The Labute approximate surface area is 194 Å². The van der Waals surface area contributed by atoms with Crippen molar-refractivity contribution in [3.63, 3.8) is 0 Å². The molecule has 1 saturated heterocycles. The minimum atomic E-state index is -0.372. The molecule has 0 radical (unpaired) electrons. The number of hydrogen-bond acceptors (Lipinski definition) is 6. The van der Waals surface area contributed by atoms with Gasteiger partial charge in [0.1, 0.15) is 0 Å². The first-order valence-corrected chi connectivity index (χ1v) is 12.2. The van der Waals surface area contributed by atoms with E-state index in [1.807, 2.05) is 42.4 Å². The summed E-state index contributed by atoms with van der Waals surface area (Å²) < 4.78 is 5.18. The first-order chi connectivity index (χ1) is 15.4. The number of amides is 1. The standard InChI is InChI=1S/C25H31N3O3S/c1-5-20-22(24(30)31-4)23(18-11-8-9-16(2)13-18)28-19(15-32-25(28)26-20)14-21(29)27-12-7-6-10-17(27)3/h8-9,11,13,15,17,23H,5-7,10,12,14H2,1-4H3/t17-,23+/m0/s1. The van der Waals surface area contributed by atoms with Crippen molar-refractivity contribution in [1.29, 1.82) is 0 Å². The number of carbonyl (C=O) groups is 2. The molecule has 3 aliphatic heterocycles. The number of ether oxygens (including phenoxy) is 1. The van der Waals surface area contributed by atoms with Gasteiger partial charge in [-0.3, -0.25) is 4.79 Å². The fourth-order valence-electron chi connectivity index (χ4n) is 4.79. The Kier molecular flexibility index (Phi) is 6.74. The number of amidine groups is 1. The van der Waals surface area contributed by atoms with E-state index >= 15 is 0 Å². The maximum atomic E-state index is 13.2. The zero-order valence-corrected chi connectivity index (χ0v) is 20.1. The Morgan fingerprint density at radius 2 is 2.09 bits per heavy atom. The van der Waals surface area contributed by atoms with Gasteiger partial charge in [0.05, 0.1) is 30.8 Å². The summed E-state index contributed by atoms with van der Waals surface area (Å²) >= 11 is 1.52. The average Bonchev–Trinajstić information content (AvgIpc) is 3.19. The van der Waals surface area contributed by atoms with Gasteiger partial charge in [0, 0.05) is 18.3 Å². The number of hydrogen-bond donors (Lipinski definition) is 0. The second-order valence-electron chi connectivity index (χ2n) is 8.62. The molecule has 0 aliphatic carbocycles. The molecule has 32 heavy (non-hydrogen) atoms. The van der Waals surface area contributed by atoms with Crippen LogP contribution in [-0.2, 0) is 14.3 Å². The summed E-state index contributed by atoms with van der Waals surface area (Å²) in [6.45, 7) is 6.99. The molecule has 7 heteroatoms. The molecule has 2 atom stereocenters. The first kappa shape index (κ1) is 22.6. The molecule has 3 aliphatic rings. The number of aliphatic imine (C=N–C) groups is 1. The number of piperidine rings is 1. The number of nitrogens with zero attached hydrogens (tertiary/aromatic N) is 3. The Balaban J connectivity index is 1.72. The van der Waals surface area contributed by atoms with E-state index in [-0.39, 0.29) is 24.0 Å². The van der Waals surface area contributed by atoms with Gasteiger partial charge >= 0.3 is 5.97 Å². The number of likely N-dealkylation sites (tertiary alicyclic amines) is 1. The highest BCUT2D eigenvalue weighted by Gasteiger charge is 2.42. The third-order valence-corrected chi connectivity index (χ3v) is 7.33. The van der Waals surface area contributed by atoms with Crippen LogP contribution < -0.4 is 0 Å². The minimum absolute atomic E-state index is 0.137. The van der Waals surface area contributed by atoms with E-state index in [4.69, 9.17) is 9.73 Å². The number of aryl methyl sites for hydroxylation is 1. The van der Waals surface area contributed by atoms with Crippen LogP contribution in [0.15, 0.2) is 51.6 Å². The van der Waals surface area contributed by atoms with E-state index in [1.165, 1.54) is 25.3 Å². The highest BCUT2D eigenvalue weighted by Crippen LogP contribution is 2.45. The minimum Gasteiger partial charge on any atom is -0.466 e. The number of methoxy groups -OCH3 is 1. The maximum Gasteiger partial charge on any atom is 0.338 e. The Bertz CT molecular complexity index is 1010. The number of allylic oxidation sites excluding steroid dienone is 1. The molecular formula is C25H31N3O3S. The van der Waals surface area contributed by atoms with Crippen LogP contribution in [0.3, 0.4) is 0 Å². The number of esters is 1. The maximum absolute atomic E-state index is 13.2. The molecule has 0 bridgehead atoms. The van der Waals surface area contributed by atoms with E-state index in [1.54, 1.807) is 0 Å². The van der Waals surface area contributed by atoms with Crippen LogP contribution in [-0.4, -0.2) is 46.5 Å². The van der Waals surface area contributed by atoms with Gasteiger partial charge in [-0.05, 0) is 50.5 Å². The lowest BCUT2D eigenvalue weighted by Crippen LogP contribution is -2.43. The van der Waals surface area contributed by atoms with E-state index in [2.05, 4.69) is 17.9 Å². The summed E-state index contributed by atoms with van der Waals surface area (Å²) in [7, 11) is 1.41. The van der Waals surface area contributed by atoms with Crippen molar-refractivity contribution >= 4 is 28.8 Å². The third kappa shape index (κ3) is 4.22. The highest BCUT2D eigenvalue weighted by atomic mass is 32.2. The van der Waals surface area contributed by atoms with Crippen molar-refractivity contribution in [2.24, 2.45) is 4.99 Å². The van der Waals surface area contributed by atoms with Crippen LogP contribution >= 0.6 is 11.8 Å². The van der Waals surface area contributed by atoms with Crippen molar-refractivity contribution in [1.82, 2.24) is 9.80 Å². The van der Waals surface area contributed by atoms with Crippen molar-refractivity contribution in [3.8, 4) is 0 Å². The molecule has 0 aromatic heterocycles. The van der Waals surface area contributed by atoms with E-state index < -0.39 is 0 Å². The van der Waals surface area contributed by atoms with Gasteiger partial charge in [-0.15, -0.1) is 0 Å². The molecule has 3 heterocycles. The van der Waals surface area contributed by atoms with Crippen molar-refractivity contribution in [2.75, 3.05) is 13.7 Å². The molecule has 4 rings (SSSR count). The first-order valence-electron chi connectivity index (χ1n) is 11.4. The van der Waals surface area contributed by atoms with Gasteiger partial charge < -0.3 is 14.5 Å². The molecule has 1 fully saturated rings. The van der Waals surface area contributed by atoms with Gasteiger partial charge in [0.25, 0.3) is 0 Å². The molecule has 0 N–H and O–H groups in total. The van der Waals surface area contributed by atoms with Crippen molar-refractivity contribution < 1.29 is 14.3 Å². The predicted octanol–water partition coefficient (Wildman–Crippen LogP) is 4.92. The summed E-state index contributed by atoms with van der Waals surface area (Å²) in [5, 5.41) is 2.83. The molecule has 0 spiro atoms. The summed E-state index contributed by atoms with van der Waals surface area (Å²) in [6, 6.07) is 8.08. The SMILES string of the molecule is CCC1=C(C(=O)OC)[C@@H](c2cccc(C)c2)N2C(CC(=O)N3CCCC[C@@H]3C)=CSC2=N1. The molecule has 1 amide bonds. The summed E-state index contributed by atoms with van der Waals surface area (Å²) in [6.07, 6.45) is 4.21. The normalized spacial score (nSPS) is 23.0. The summed E-state index contributed by atoms with van der Waals surface area (Å²) in [4.78, 5) is 35.0. The molecule has 0 saturated carbocycles. The average molecular weight is 454 g/mol. The lowest BCUT2D eigenvalue weighted by atomic mass is 9.92. The quantitative estimate of drug-likeness (QED) is 0.592. The molecule has 1 aromatic carbocycles. The lowest BCUT2D eigenvalue weighted by molar-refractivity contribution is -0.136. The van der Waals surface area contributed by atoms with Gasteiger partial charge in [-0.25, -0.2) is 9.79 Å². The van der Waals surface area contributed by atoms with Crippen LogP contribution in [0.5, 0.6) is 0 Å². The topological polar surface area (TPSA) is 62.2 Å². The lowest BCUT2D eigenvalue weighted by Gasteiger charge is -2.38. The van der Waals surface area contributed by atoms with Crippen LogP contribution in [0.1, 0.15) is 63.1 Å². The van der Waals surface area contributed by atoms with Crippen molar-refractivity contribution in [2.45, 2.75) is 65.0 Å². The van der Waals surface area contributed by atoms with Crippen LogP contribution in [0.2, 0.25) is 0 Å². The largest absolute Gasteiger partial charge is 0.466 e. The highest BCUT2D eigenvalue weighted by molar-refractivity contribution is 8.16. The van der Waals surface area contributed by atoms with E-state index in [0.29, 0.717) is 18.4 Å². The van der Waals surface area contributed by atoms with Crippen LogP contribution in [0.25, 0.3) is 0 Å². The molecular weight excluding hydrogens is 422 g/mol. The number of benzene rings is 1. The fourth-order valence-corrected chi connectivity index (χ4v) is 5.73. The van der Waals surface area contributed by atoms with Gasteiger partial charge in [-0.2, -0.15) is 0 Å². The molecule has 170 valence electrons. The second-order valence-corrected chi connectivity index (χ2v) is 9.46. The summed E-state index contributed by atoms with van der Waals surface area (Å²) in [5.41, 5.74) is 4.30. The second kappa shape index (κ2) is 9.53. The summed E-state index contributed by atoms with van der Waals surface area (Å²) in [5.74, 6) is -0.235. The third-order valence-electron chi connectivity index (χ3n) is 6.44. The Morgan fingerprint density at radius 1 is 1.28 bits per heavy atom. The van der Waals surface area contributed by atoms with Crippen LogP contribution in [0.4, 0.5) is 0 Å². The number of thioether (sulfide) groups is 1. The van der Waals surface area contributed by atoms with Gasteiger partial charge in [-0.1, -0.05) is 48.5 Å². The van der Waals surface area contributed by atoms with E-state index in [9.17, 15) is 9.59 Å². The zero-order valence-electron chi connectivity index (χ0n) is 19.3. The molecule has 6 nitrogen and oxygen atoms in total. The van der Waals surface area contributed by atoms with Gasteiger partial charge in [0.15, 0.2) is 5.17 Å². The Morgan fingerprint density at radius 3 is 2.78 bits per heavy atom. The predicted molar refractivity (Wildman–Crippen MR) is 128 cm³/mol. The molecule has 0 unspecified atom stereocenters. The number of carbonyl (C=O) groups excluding carboxylic acids is 2. The number of fused-ring (bicyclic) bond motifs is 1. The van der Waals surface area contributed by atoms with Crippen LogP contribution in [0, 0.1) is 6.92 Å². The monoisotopic (exact) mass is 453 g/mol. The van der Waals surface area contributed by atoms with Gasteiger partial charge in [0.2, 0.25) is 5.91 Å². The fraction of sp³-hybridized carbons (Fsp3) is 0.480.